The molecule has 0 aliphatic carbocycles. The molecule has 3 heterocycles. The van der Waals surface area contributed by atoms with E-state index in [-0.39, 0.29) is 5.82 Å². The van der Waals surface area contributed by atoms with Gasteiger partial charge in [0.15, 0.2) is 17.2 Å². The van der Waals surface area contributed by atoms with Gasteiger partial charge in [-0.25, -0.2) is 15.0 Å². The summed E-state index contributed by atoms with van der Waals surface area (Å²) in [5, 5.41) is 29.3. The number of aliphatic hydroxyl groups excluding tert-OH is 3. The summed E-state index contributed by atoms with van der Waals surface area (Å²) < 4.78 is 7.06. The van der Waals surface area contributed by atoms with E-state index >= 15 is 0 Å². The Kier molecular flexibility index (Phi) is 2.87. The van der Waals surface area contributed by atoms with Crippen LogP contribution in [0, 0.1) is 0 Å². The number of nitrogen functional groups attached to an aromatic ring is 1. The summed E-state index contributed by atoms with van der Waals surface area (Å²) in [5.41, 5.74) is 5.16. The van der Waals surface area contributed by atoms with Gasteiger partial charge in [0.1, 0.15) is 30.2 Å². The number of hydrogen-bond acceptors (Lipinski definition) is 8. The van der Waals surface area contributed by atoms with E-state index in [1.807, 2.05) is 0 Å². The first-order valence-corrected chi connectivity index (χ1v) is 6.08. The van der Waals surface area contributed by atoms with Crippen LogP contribution < -0.4 is 5.73 Å². The molecule has 20 heavy (non-hydrogen) atoms. The van der Waals surface area contributed by atoms with Crippen molar-refractivity contribution in [2.45, 2.75) is 31.0 Å². The fourth-order valence-electron chi connectivity index (χ4n) is 2.49. The van der Waals surface area contributed by atoms with Crippen molar-refractivity contribution < 1.29 is 20.1 Å². The second-order valence-corrected chi connectivity index (χ2v) is 4.87. The van der Waals surface area contributed by atoms with E-state index in [2.05, 4.69) is 15.0 Å². The summed E-state index contributed by atoms with van der Waals surface area (Å²) in [4.78, 5) is 12.0. The first kappa shape index (κ1) is 13.2. The molecule has 0 aromatic carbocycles. The Morgan fingerprint density at radius 1 is 1.40 bits per heavy atom. The minimum Gasteiger partial charge on any atom is -0.394 e. The molecule has 2 aromatic rings. The molecule has 1 aliphatic rings. The Morgan fingerprint density at radius 3 is 2.80 bits per heavy atom. The lowest BCUT2D eigenvalue weighted by molar-refractivity contribution is -0.132. The minimum atomic E-state index is -1.30. The van der Waals surface area contributed by atoms with E-state index in [0.717, 1.165) is 0 Å². The predicted octanol–water partition coefficient (Wildman–Crippen LogP) is -1.81. The number of nitrogens with two attached hydrogens (primary N) is 1. The van der Waals surface area contributed by atoms with Gasteiger partial charge in [0.25, 0.3) is 0 Å². The maximum atomic E-state index is 10.2. The van der Waals surface area contributed by atoms with Crippen LogP contribution in [0.3, 0.4) is 0 Å². The van der Waals surface area contributed by atoms with Gasteiger partial charge < -0.3 is 25.8 Å². The third-order valence-corrected chi connectivity index (χ3v) is 3.66. The van der Waals surface area contributed by atoms with Crippen LogP contribution in [0.15, 0.2) is 12.7 Å². The third kappa shape index (κ3) is 1.61. The fourth-order valence-corrected chi connectivity index (χ4v) is 2.49. The van der Waals surface area contributed by atoms with Crippen LogP contribution in [-0.2, 0) is 10.5 Å². The highest BCUT2D eigenvalue weighted by Gasteiger charge is 2.52. The van der Waals surface area contributed by atoms with E-state index in [1.165, 1.54) is 17.2 Å². The van der Waals surface area contributed by atoms with Gasteiger partial charge in [-0.05, 0) is 6.92 Å². The largest absolute Gasteiger partial charge is 0.394 e. The molecule has 9 nitrogen and oxygen atoms in total. The lowest BCUT2D eigenvalue weighted by atomic mass is 10.0. The van der Waals surface area contributed by atoms with Crippen molar-refractivity contribution in [3.63, 3.8) is 0 Å². The van der Waals surface area contributed by atoms with Crippen molar-refractivity contribution in [1.29, 1.82) is 0 Å². The number of anilines is 1. The van der Waals surface area contributed by atoms with Crippen LogP contribution in [0.1, 0.15) is 6.92 Å². The lowest BCUT2D eigenvalue weighted by Crippen LogP contribution is -2.43. The summed E-state index contributed by atoms with van der Waals surface area (Å²) in [7, 11) is 0. The standard InChI is InChI=1S/C11H15N5O4/c1-11(8(19)7(18)5(2-17)20-11)16-4-15-6-9(12)13-3-14-10(6)16/h3-5,7-8,17-19H,2H2,1H3,(H2,12,13,14)/t5-,7+,8+,11-/m1/s1. The molecule has 1 fully saturated rings. The molecule has 0 bridgehead atoms. The maximum absolute atomic E-state index is 10.2. The minimum absolute atomic E-state index is 0.212. The number of hydrogen-bond donors (Lipinski definition) is 4. The Bertz CT molecular complexity index is 647. The fraction of sp³-hybridized carbons (Fsp3) is 0.545. The molecule has 5 N–H and O–H groups in total. The van der Waals surface area contributed by atoms with Gasteiger partial charge in [-0.3, -0.25) is 4.57 Å². The normalized spacial score (nSPS) is 33.9. The Labute approximate surface area is 113 Å². The number of ether oxygens (including phenoxy) is 1. The van der Waals surface area contributed by atoms with Gasteiger partial charge in [-0.15, -0.1) is 0 Å². The molecule has 0 radical (unpaired) electrons. The maximum Gasteiger partial charge on any atom is 0.173 e. The van der Waals surface area contributed by atoms with Crippen molar-refractivity contribution >= 4 is 17.0 Å². The second-order valence-electron chi connectivity index (χ2n) is 4.87. The van der Waals surface area contributed by atoms with Gasteiger partial charge >= 0.3 is 0 Å². The zero-order valence-electron chi connectivity index (χ0n) is 10.7. The summed E-state index contributed by atoms with van der Waals surface area (Å²) in [6, 6.07) is 0. The molecule has 108 valence electrons. The Balaban J connectivity index is 2.13. The molecule has 4 atom stereocenters. The van der Waals surface area contributed by atoms with Crippen LogP contribution in [-0.4, -0.2) is 59.8 Å². The first-order chi connectivity index (χ1) is 9.49. The van der Waals surface area contributed by atoms with Crippen LogP contribution >= 0.6 is 0 Å². The van der Waals surface area contributed by atoms with Crippen molar-refractivity contribution in [3.05, 3.63) is 12.7 Å². The SMILES string of the molecule is C[C@@]1(n2cnc3c(N)ncnc32)O[C@H](CO)[C@H](O)[C@@H]1O. The van der Waals surface area contributed by atoms with Crippen molar-refractivity contribution in [2.75, 3.05) is 12.3 Å². The highest BCUT2D eigenvalue weighted by atomic mass is 16.6. The van der Waals surface area contributed by atoms with Gasteiger partial charge in [0, 0.05) is 0 Å². The molecular weight excluding hydrogens is 266 g/mol. The first-order valence-electron chi connectivity index (χ1n) is 6.08. The van der Waals surface area contributed by atoms with E-state index in [9.17, 15) is 15.3 Å². The van der Waals surface area contributed by atoms with E-state index in [4.69, 9.17) is 10.5 Å². The summed E-state index contributed by atoms with van der Waals surface area (Å²) in [6.45, 7) is 1.17. The van der Waals surface area contributed by atoms with Gasteiger partial charge in [0.2, 0.25) is 0 Å². The van der Waals surface area contributed by atoms with E-state index in [1.54, 1.807) is 6.92 Å². The molecule has 9 heteroatoms. The average molecular weight is 281 g/mol. The second kappa shape index (κ2) is 4.35. The number of fused-ring (bicyclic) bond motifs is 1. The van der Waals surface area contributed by atoms with Gasteiger partial charge in [-0.1, -0.05) is 0 Å². The molecule has 1 saturated heterocycles. The Morgan fingerprint density at radius 2 is 2.15 bits per heavy atom. The Hall–Kier alpha value is -1.81. The lowest BCUT2D eigenvalue weighted by Gasteiger charge is -2.29. The highest BCUT2D eigenvalue weighted by Crippen LogP contribution is 2.37. The monoisotopic (exact) mass is 281 g/mol. The number of rotatable bonds is 2. The number of imidazole rings is 1. The van der Waals surface area contributed by atoms with Crippen LogP contribution in [0.4, 0.5) is 5.82 Å². The van der Waals surface area contributed by atoms with Crippen LogP contribution in [0.25, 0.3) is 11.2 Å². The summed E-state index contributed by atoms with van der Waals surface area (Å²) >= 11 is 0. The number of aromatic nitrogens is 4. The van der Waals surface area contributed by atoms with Crippen LogP contribution in [0.2, 0.25) is 0 Å². The van der Waals surface area contributed by atoms with Gasteiger partial charge in [0.05, 0.1) is 12.9 Å². The van der Waals surface area contributed by atoms with Crippen molar-refractivity contribution in [2.24, 2.45) is 0 Å². The number of aliphatic hydroxyl groups is 3. The summed E-state index contributed by atoms with van der Waals surface area (Å²) in [5.74, 6) is 0.212. The van der Waals surface area contributed by atoms with E-state index in [0.29, 0.717) is 11.2 Å². The molecule has 2 aromatic heterocycles. The predicted molar refractivity (Wildman–Crippen MR) is 67.4 cm³/mol. The molecule has 3 rings (SSSR count). The van der Waals surface area contributed by atoms with Gasteiger partial charge in [-0.2, -0.15) is 0 Å². The molecule has 0 saturated carbocycles. The van der Waals surface area contributed by atoms with E-state index < -0.39 is 30.6 Å². The topological polar surface area (TPSA) is 140 Å². The molecule has 0 spiro atoms. The quantitative estimate of drug-likeness (QED) is 0.505. The zero-order valence-corrected chi connectivity index (χ0v) is 10.7. The highest BCUT2D eigenvalue weighted by molar-refractivity contribution is 5.81. The smallest absolute Gasteiger partial charge is 0.173 e. The zero-order chi connectivity index (χ0) is 14.5. The van der Waals surface area contributed by atoms with Crippen molar-refractivity contribution in [1.82, 2.24) is 19.5 Å². The van der Waals surface area contributed by atoms with Crippen LogP contribution in [0.5, 0.6) is 0 Å². The molecule has 1 aliphatic heterocycles. The summed E-state index contributed by atoms with van der Waals surface area (Å²) in [6.07, 6.45) is -0.646. The molecular formula is C11H15N5O4. The molecule has 0 amide bonds. The average Bonchev–Trinajstić information content (AvgIpc) is 2.96. The molecule has 0 unspecified atom stereocenters. The number of nitrogens with zero attached hydrogens (tertiary/aromatic N) is 4. The third-order valence-electron chi connectivity index (χ3n) is 3.66. The van der Waals surface area contributed by atoms with Crippen molar-refractivity contribution in [3.8, 4) is 0 Å².